The smallest absolute Gasteiger partial charge is 0.239 e. The number of hydrogen-bond donors (Lipinski definition) is 2. The summed E-state index contributed by atoms with van der Waals surface area (Å²) in [6.45, 7) is 7.93. The van der Waals surface area contributed by atoms with Gasteiger partial charge >= 0.3 is 0 Å². The maximum Gasteiger partial charge on any atom is 0.239 e. The number of nitrogens with zero attached hydrogens (tertiary/aromatic N) is 3. The van der Waals surface area contributed by atoms with E-state index in [2.05, 4.69) is 27.1 Å². The molecule has 1 amide bonds. The number of aromatic nitrogens is 1. The second-order valence-corrected chi connectivity index (χ2v) is 6.22. The minimum Gasteiger partial charge on any atom is -0.354 e. The minimum atomic E-state index is -0.854. The predicted molar refractivity (Wildman–Crippen MR) is 84.1 cm³/mol. The lowest BCUT2D eigenvalue weighted by Crippen LogP contribution is -2.48. The van der Waals surface area contributed by atoms with Crippen LogP contribution in [0, 0.1) is 0 Å². The van der Waals surface area contributed by atoms with E-state index < -0.39 is 5.54 Å². The van der Waals surface area contributed by atoms with Crippen LogP contribution in [0.15, 0.2) is 18.3 Å². The van der Waals surface area contributed by atoms with Crippen molar-refractivity contribution in [1.29, 1.82) is 0 Å². The fraction of sp³-hybridized carbons (Fsp3) is 0.600. The van der Waals surface area contributed by atoms with Gasteiger partial charge in [-0.15, -0.1) is 0 Å². The first-order chi connectivity index (χ1) is 9.86. The molecule has 3 N–H and O–H groups in total. The Morgan fingerprint density at radius 2 is 2.05 bits per heavy atom. The summed E-state index contributed by atoms with van der Waals surface area (Å²) in [5, 5.41) is 2.86. The molecule has 1 saturated heterocycles. The summed E-state index contributed by atoms with van der Waals surface area (Å²) < 4.78 is 0. The van der Waals surface area contributed by atoms with E-state index in [9.17, 15) is 4.79 Å². The zero-order valence-corrected chi connectivity index (χ0v) is 13.1. The third kappa shape index (κ3) is 4.41. The van der Waals surface area contributed by atoms with Crippen molar-refractivity contribution in [3.63, 3.8) is 0 Å². The second kappa shape index (κ2) is 6.41. The number of anilines is 1. The fourth-order valence-corrected chi connectivity index (χ4v) is 2.19. The first-order valence-electron chi connectivity index (χ1n) is 7.32. The van der Waals surface area contributed by atoms with Gasteiger partial charge in [-0.25, -0.2) is 4.98 Å². The van der Waals surface area contributed by atoms with Gasteiger partial charge in [-0.1, -0.05) is 0 Å². The fourth-order valence-electron chi connectivity index (χ4n) is 2.19. The summed E-state index contributed by atoms with van der Waals surface area (Å²) in [6, 6.07) is 3.96. The number of amides is 1. The molecule has 0 spiro atoms. The highest BCUT2D eigenvalue weighted by atomic mass is 16.2. The maximum atomic E-state index is 11.8. The Morgan fingerprint density at radius 1 is 1.38 bits per heavy atom. The van der Waals surface area contributed by atoms with Crippen LogP contribution in [0.25, 0.3) is 0 Å². The van der Waals surface area contributed by atoms with Gasteiger partial charge in [0, 0.05) is 38.9 Å². The van der Waals surface area contributed by atoms with Gasteiger partial charge in [0.05, 0.1) is 5.54 Å². The molecule has 6 heteroatoms. The molecule has 0 bridgehead atoms. The third-order valence-corrected chi connectivity index (χ3v) is 3.68. The first kappa shape index (κ1) is 15.7. The Hall–Kier alpha value is -1.66. The van der Waals surface area contributed by atoms with E-state index in [-0.39, 0.29) is 5.91 Å². The predicted octanol–water partition coefficient (Wildman–Crippen LogP) is 0.187. The molecule has 1 fully saturated rings. The summed E-state index contributed by atoms with van der Waals surface area (Å²) >= 11 is 0. The zero-order valence-electron chi connectivity index (χ0n) is 13.1. The van der Waals surface area contributed by atoms with Crippen molar-refractivity contribution < 1.29 is 4.79 Å². The third-order valence-electron chi connectivity index (χ3n) is 3.68. The number of nitrogens with two attached hydrogens (primary N) is 1. The van der Waals surface area contributed by atoms with Crippen LogP contribution in [0.5, 0.6) is 0 Å². The second-order valence-electron chi connectivity index (χ2n) is 6.22. The van der Waals surface area contributed by atoms with Crippen molar-refractivity contribution in [2.75, 3.05) is 38.1 Å². The van der Waals surface area contributed by atoms with E-state index in [0.29, 0.717) is 6.54 Å². The average molecular weight is 291 g/mol. The number of carbonyl (C=O) groups excluding carboxylic acids is 1. The molecular weight excluding hydrogens is 266 g/mol. The van der Waals surface area contributed by atoms with Crippen LogP contribution in [0.3, 0.4) is 0 Å². The lowest BCUT2D eigenvalue weighted by atomic mass is 10.1. The van der Waals surface area contributed by atoms with Gasteiger partial charge in [-0.2, -0.15) is 0 Å². The number of pyridine rings is 1. The van der Waals surface area contributed by atoms with Gasteiger partial charge < -0.3 is 20.9 Å². The van der Waals surface area contributed by atoms with Crippen LogP contribution in [0.4, 0.5) is 5.82 Å². The molecule has 0 aromatic carbocycles. The van der Waals surface area contributed by atoms with Gasteiger partial charge in [-0.05, 0) is 38.6 Å². The Labute approximate surface area is 126 Å². The largest absolute Gasteiger partial charge is 0.354 e. The molecule has 2 rings (SSSR count). The molecule has 2 heterocycles. The topological polar surface area (TPSA) is 74.5 Å². The quantitative estimate of drug-likeness (QED) is 0.828. The molecule has 1 aliphatic heterocycles. The van der Waals surface area contributed by atoms with E-state index in [1.165, 1.54) is 0 Å². The molecule has 1 aromatic heterocycles. The van der Waals surface area contributed by atoms with Crippen molar-refractivity contribution in [2.24, 2.45) is 5.73 Å². The molecule has 0 radical (unpaired) electrons. The number of carbonyl (C=O) groups is 1. The Morgan fingerprint density at radius 3 is 2.67 bits per heavy atom. The molecule has 1 aromatic rings. The molecule has 6 nitrogen and oxygen atoms in total. The van der Waals surface area contributed by atoms with Gasteiger partial charge in [0.1, 0.15) is 5.82 Å². The van der Waals surface area contributed by atoms with Crippen molar-refractivity contribution in [3.8, 4) is 0 Å². The summed E-state index contributed by atoms with van der Waals surface area (Å²) in [4.78, 5) is 20.8. The van der Waals surface area contributed by atoms with Crippen LogP contribution in [0.2, 0.25) is 0 Å². The van der Waals surface area contributed by atoms with Gasteiger partial charge in [0.2, 0.25) is 5.91 Å². The van der Waals surface area contributed by atoms with Crippen LogP contribution >= 0.6 is 0 Å². The molecule has 0 saturated carbocycles. The summed E-state index contributed by atoms with van der Waals surface area (Å²) in [5.41, 5.74) is 5.95. The highest BCUT2D eigenvalue weighted by Crippen LogP contribution is 2.14. The standard InChI is InChI=1S/C15H25N5O/c1-15(2,16)14(21)18-11-12-4-5-17-13(10-12)20-8-6-19(3)7-9-20/h4-5,10H,6-9,11,16H2,1-3H3,(H,18,21). The lowest BCUT2D eigenvalue weighted by molar-refractivity contribution is -0.125. The molecular formula is C15H25N5O. The average Bonchev–Trinajstić information content (AvgIpc) is 2.45. The highest BCUT2D eigenvalue weighted by molar-refractivity contribution is 5.84. The highest BCUT2D eigenvalue weighted by Gasteiger charge is 2.21. The molecule has 1 aliphatic rings. The number of piperazine rings is 1. The summed E-state index contributed by atoms with van der Waals surface area (Å²) in [6.07, 6.45) is 1.79. The number of hydrogen-bond acceptors (Lipinski definition) is 5. The maximum absolute atomic E-state index is 11.8. The number of rotatable bonds is 4. The zero-order chi connectivity index (χ0) is 15.5. The van der Waals surface area contributed by atoms with Crippen molar-refractivity contribution in [2.45, 2.75) is 25.9 Å². The summed E-state index contributed by atoms with van der Waals surface area (Å²) in [7, 11) is 2.13. The first-order valence-corrected chi connectivity index (χ1v) is 7.32. The van der Waals surface area contributed by atoms with Crippen molar-refractivity contribution in [1.82, 2.24) is 15.2 Å². The van der Waals surface area contributed by atoms with Crippen molar-refractivity contribution in [3.05, 3.63) is 23.9 Å². The Kier molecular flexibility index (Phi) is 4.80. The Balaban J connectivity index is 1.96. The van der Waals surface area contributed by atoms with Gasteiger partial charge in [0.25, 0.3) is 0 Å². The molecule has 0 aliphatic carbocycles. The van der Waals surface area contributed by atoms with Crippen LogP contribution in [-0.4, -0.2) is 54.6 Å². The van der Waals surface area contributed by atoms with E-state index in [1.54, 1.807) is 20.0 Å². The lowest BCUT2D eigenvalue weighted by Gasteiger charge is -2.33. The van der Waals surface area contributed by atoms with Gasteiger partial charge in [-0.3, -0.25) is 4.79 Å². The van der Waals surface area contributed by atoms with Crippen LogP contribution in [-0.2, 0) is 11.3 Å². The molecule has 0 atom stereocenters. The van der Waals surface area contributed by atoms with Crippen LogP contribution in [0.1, 0.15) is 19.4 Å². The SMILES string of the molecule is CN1CCN(c2cc(CNC(=O)C(C)(C)N)ccn2)CC1. The van der Waals surface area contributed by atoms with E-state index in [0.717, 1.165) is 37.6 Å². The van der Waals surface area contributed by atoms with Crippen molar-refractivity contribution >= 4 is 11.7 Å². The monoisotopic (exact) mass is 291 g/mol. The number of likely N-dealkylation sites (N-methyl/N-ethyl adjacent to an activating group) is 1. The minimum absolute atomic E-state index is 0.152. The van der Waals surface area contributed by atoms with E-state index in [4.69, 9.17) is 5.73 Å². The molecule has 116 valence electrons. The molecule has 0 unspecified atom stereocenters. The van der Waals surface area contributed by atoms with E-state index >= 15 is 0 Å². The molecule has 21 heavy (non-hydrogen) atoms. The van der Waals surface area contributed by atoms with Gasteiger partial charge in [0.15, 0.2) is 0 Å². The number of nitrogens with one attached hydrogen (secondary N) is 1. The Bertz CT molecular complexity index is 489. The normalized spacial score (nSPS) is 16.9. The van der Waals surface area contributed by atoms with E-state index in [1.807, 2.05) is 12.1 Å². The summed E-state index contributed by atoms with van der Waals surface area (Å²) in [5.74, 6) is 0.822. The van der Waals surface area contributed by atoms with Crippen LogP contribution < -0.4 is 16.0 Å².